The van der Waals surface area contributed by atoms with Crippen molar-refractivity contribution in [1.82, 2.24) is 0 Å². The first-order valence-corrected chi connectivity index (χ1v) is 6.13. The highest BCUT2D eigenvalue weighted by Gasteiger charge is 2.20. The molecule has 2 rings (SSSR count). The molecule has 1 fully saturated rings. The first kappa shape index (κ1) is 12.2. The molecule has 17 heavy (non-hydrogen) atoms. The summed E-state index contributed by atoms with van der Waals surface area (Å²) in [6.07, 6.45) is 2.27. The molecule has 0 atom stereocenters. The summed E-state index contributed by atoms with van der Waals surface area (Å²) in [5.74, 6) is 0. The molecule has 1 aliphatic heterocycles. The monoisotopic (exact) mass is 236 g/mol. The zero-order valence-electron chi connectivity index (χ0n) is 10.0. The van der Waals surface area contributed by atoms with E-state index < -0.39 is 0 Å². The second-order valence-electron chi connectivity index (χ2n) is 4.34. The molecule has 1 aromatic rings. The number of nitrogens with two attached hydrogens (primary N) is 1. The van der Waals surface area contributed by atoms with Crippen LogP contribution in [-0.4, -0.2) is 37.5 Å². The van der Waals surface area contributed by atoms with E-state index in [9.17, 15) is 0 Å². The highest BCUT2D eigenvalue weighted by atomic mass is 16.5. The molecule has 0 radical (unpaired) electrons. The number of ether oxygens (including phenoxy) is 1. The van der Waals surface area contributed by atoms with Crippen molar-refractivity contribution in [3.63, 3.8) is 0 Å². The van der Waals surface area contributed by atoms with Crippen LogP contribution < -0.4 is 10.6 Å². The van der Waals surface area contributed by atoms with Gasteiger partial charge in [-0.2, -0.15) is 0 Å². The van der Waals surface area contributed by atoms with Gasteiger partial charge < -0.3 is 20.5 Å². The number of piperidine rings is 1. The van der Waals surface area contributed by atoms with Crippen molar-refractivity contribution < 1.29 is 9.84 Å². The Bertz CT molecular complexity index is 349. The van der Waals surface area contributed by atoms with E-state index in [0.717, 1.165) is 37.3 Å². The summed E-state index contributed by atoms with van der Waals surface area (Å²) in [5, 5.41) is 8.71. The van der Waals surface area contributed by atoms with Crippen molar-refractivity contribution in [2.45, 2.75) is 18.9 Å². The maximum atomic E-state index is 8.71. The van der Waals surface area contributed by atoms with Crippen LogP contribution in [0.25, 0.3) is 0 Å². The van der Waals surface area contributed by atoms with E-state index in [1.54, 1.807) is 0 Å². The second kappa shape index (κ2) is 5.89. The molecule has 4 heteroatoms. The molecule has 0 unspecified atom stereocenters. The number of aliphatic hydroxyl groups excluding tert-OH is 1. The molecule has 1 aromatic carbocycles. The molecular weight excluding hydrogens is 216 g/mol. The SMILES string of the molecule is Nc1ccccc1N1CCC(OCCO)CC1. The summed E-state index contributed by atoms with van der Waals surface area (Å²) in [4.78, 5) is 2.30. The largest absolute Gasteiger partial charge is 0.397 e. The zero-order valence-corrected chi connectivity index (χ0v) is 10.0. The highest BCUT2D eigenvalue weighted by molar-refractivity contribution is 5.67. The number of rotatable bonds is 4. The Balaban J connectivity index is 1.89. The van der Waals surface area contributed by atoms with Gasteiger partial charge in [-0.15, -0.1) is 0 Å². The van der Waals surface area contributed by atoms with Gasteiger partial charge >= 0.3 is 0 Å². The lowest BCUT2D eigenvalue weighted by Crippen LogP contribution is -2.37. The van der Waals surface area contributed by atoms with Gasteiger partial charge in [0.05, 0.1) is 30.7 Å². The predicted molar refractivity (Wildman–Crippen MR) is 69.1 cm³/mol. The number of benzene rings is 1. The van der Waals surface area contributed by atoms with Gasteiger partial charge in [-0.25, -0.2) is 0 Å². The van der Waals surface area contributed by atoms with Crippen molar-refractivity contribution in [3.8, 4) is 0 Å². The van der Waals surface area contributed by atoms with Gasteiger partial charge in [-0.05, 0) is 25.0 Å². The first-order valence-electron chi connectivity index (χ1n) is 6.13. The summed E-state index contributed by atoms with van der Waals surface area (Å²) >= 11 is 0. The molecule has 0 aliphatic carbocycles. The third-order valence-electron chi connectivity index (χ3n) is 3.16. The molecule has 0 spiro atoms. The molecule has 0 saturated carbocycles. The van der Waals surface area contributed by atoms with Crippen LogP contribution in [0.1, 0.15) is 12.8 Å². The van der Waals surface area contributed by atoms with Crippen molar-refractivity contribution in [2.75, 3.05) is 36.9 Å². The topological polar surface area (TPSA) is 58.7 Å². The third-order valence-corrected chi connectivity index (χ3v) is 3.16. The predicted octanol–water partition coefficient (Wildman–Crippen LogP) is 1.25. The fraction of sp³-hybridized carbons (Fsp3) is 0.538. The Hall–Kier alpha value is -1.26. The lowest BCUT2D eigenvalue weighted by atomic mass is 10.1. The third kappa shape index (κ3) is 3.11. The Morgan fingerprint density at radius 3 is 2.65 bits per heavy atom. The van der Waals surface area contributed by atoms with E-state index in [0.29, 0.717) is 6.61 Å². The Morgan fingerprint density at radius 1 is 1.29 bits per heavy atom. The molecule has 0 bridgehead atoms. The van der Waals surface area contributed by atoms with E-state index in [2.05, 4.69) is 11.0 Å². The lowest BCUT2D eigenvalue weighted by Gasteiger charge is -2.34. The molecule has 4 nitrogen and oxygen atoms in total. The molecule has 0 amide bonds. The maximum absolute atomic E-state index is 8.71. The van der Waals surface area contributed by atoms with Crippen LogP contribution in [0, 0.1) is 0 Å². The Morgan fingerprint density at radius 2 is 2.00 bits per heavy atom. The smallest absolute Gasteiger partial charge is 0.0701 e. The standard InChI is InChI=1S/C13H20N2O2/c14-12-3-1-2-4-13(12)15-7-5-11(6-8-15)17-10-9-16/h1-4,11,16H,5-10,14H2. The number of nitrogens with zero attached hydrogens (tertiary/aromatic N) is 1. The average Bonchev–Trinajstić information content (AvgIpc) is 2.38. The van der Waals surface area contributed by atoms with Crippen molar-refractivity contribution in [1.29, 1.82) is 0 Å². The number of hydrogen-bond acceptors (Lipinski definition) is 4. The Kier molecular flexibility index (Phi) is 4.23. The van der Waals surface area contributed by atoms with Crippen molar-refractivity contribution in [2.24, 2.45) is 0 Å². The van der Waals surface area contributed by atoms with Crippen LogP contribution in [0.5, 0.6) is 0 Å². The van der Waals surface area contributed by atoms with Crippen LogP contribution in [0.2, 0.25) is 0 Å². The van der Waals surface area contributed by atoms with Crippen molar-refractivity contribution in [3.05, 3.63) is 24.3 Å². The lowest BCUT2D eigenvalue weighted by molar-refractivity contribution is 0.0159. The molecule has 0 aromatic heterocycles. The maximum Gasteiger partial charge on any atom is 0.0701 e. The van der Waals surface area contributed by atoms with Crippen LogP contribution in [-0.2, 0) is 4.74 Å². The summed E-state index contributed by atoms with van der Waals surface area (Å²) in [7, 11) is 0. The van der Waals surface area contributed by atoms with Crippen LogP contribution >= 0.6 is 0 Å². The second-order valence-corrected chi connectivity index (χ2v) is 4.34. The summed E-state index contributed by atoms with van der Waals surface area (Å²) in [5.41, 5.74) is 7.91. The van der Waals surface area contributed by atoms with Gasteiger partial charge in [0.15, 0.2) is 0 Å². The molecule has 1 heterocycles. The number of para-hydroxylation sites is 2. The quantitative estimate of drug-likeness (QED) is 0.772. The Labute approximate surface area is 102 Å². The van der Waals surface area contributed by atoms with Crippen molar-refractivity contribution >= 4 is 11.4 Å². The molecule has 1 saturated heterocycles. The van der Waals surface area contributed by atoms with Crippen LogP contribution in [0.15, 0.2) is 24.3 Å². The molecule has 3 N–H and O–H groups in total. The molecule has 1 aliphatic rings. The minimum Gasteiger partial charge on any atom is -0.397 e. The highest BCUT2D eigenvalue weighted by Crippen LogP contribution is 2.26. The average molecular weight is 236 g/mol. The molecular formula is C13H20N2O2. The van der Waals surface area contributed by atoms with E-state index in [4.69, 9.17) is 15.6 Å². The van der Waals surface area contributed by atoms with E-state index in [1.807, 2.05) is 18.2 Å². The summed E-state index contributed by atoms with van der Waals surface area (Å²) in [6.45, 7) is 2.47. The fourth-order valence-corrected chi connectivity index (χ4v) is 2.26. The fourth-order valence-electron chi connectivity index (χ4n) is 2.26. The summed E-state index contributed by atoms with van der Waals surface area (Å²) in [6, 6.07) is 7.96. The minimum absolute atomic E-state index is 0.103. The zero-order chi connectivity index (χ0) is 12.1. The number of aliphatic hydroxyl groups is 1. The number of nitrogen functional groups attached to an aromatic ring is 1. The van der Waals surface area contributed by atoms with Gasteiger partial charge in [0.2, 0.25) is 0 Å². The first-order chi connectivity index (χ1) is 8.31. The summed E-state index contributed by atoms with van der Waals surface area (Å²) < 4.78 is 5.54. The molecule has 94 valence electrons. The van der Waals surface area contributed by atoms with Gasteiger partial charge in [0.1, 0.15) is 0 Å². The van der Waals surface area contributed by atoms with Gasteiger partial charge in [-0.1, -0.05) is 12.1 Å². The normalized spacial score (nSPS) is 17.4. The van der Waals surface area contributed by atoms with Crippen LogP contribution in [0.3, 0.4) is 0 Å². The minimum atomic E-state index is 0.103. The van der Waals surface area contributed by atoms with Gasteiger partial charge in [0.25, 0.3) is 0 Å². The number of anilines is 2. The van der Waals surface area contributed by atoms with Gasteiger partial charge in [-0.3, -0.25) is 0 Å². The van der Waals surface area contributed by atoms with Crippen LogP contribution in [0.4, 0.5) is 11.4 Å². The van der Waals surface area contributed by atoms with E-state index >= 15 is 0 Å². The van der Waals surface area contributed by atoms with Gasteiger partial charge in [0, 0.05) is 13.1 Å². The van der Waals surface area contributed by atoms with E-state index in [1.165, 1.54) is 0 Å². The number of hydrogen-bond donors (Lipinski definition) is 2. The van der Waals surface area contributed by atoms with E-state index in [-0.39, 0.29) is 12.7 Å².